The van der Waals surface area contributed by atoms with Crippen molar-refractivity contribution in [3.8, 4) is 17.1 Å². The quantitative estimate of drug-likeness (QED) is 0.557. The zero-order chi connectivity index (χ0) is 19.3. The lowest BCUT2D eigenvalue weighted by Crippen LogP contribution is -2.27. The smallest absolute Gasteiger partial charge is 0.276 e. The van der Waals surface area contributed by atoms with Gasteiger partial charge in [-0.05, 0) is 25.0 Å². The van der Waals surface area contributed by atoms with Crippen LogP contribution in [0.25, 0.3) is 33.3 Å². The molecule has 1 aliphatic rings. The summed E-state index contributed by atoms with van der Waals surface area (Å²) in [6, 6.07) is 5.48. The van der Waals surface area contributed by atoms with Crippen molar-refractivity contribution in [3.63, 3.8) is 0 Å². The molecule has 1 aromatic carbocycles. The summed E-state index contributed by atoms with van der Waals surface area (Å²) >= 11 is 1.49. The fourth-order valence-electron chi connectivity index (χ4n) is 3.72. The number of amides is 1. The SMILES string of the molecule is COc1cc2[nH]c(-c3nc4cscc4[nH]c3=O)cc2cc1C(=O)N1CCCC1. The van der Waals surface area contributed by atoms with Crippen molar-refractivity contribution in [2.45, 2.75) is 12.8 Å². The lowest BCUT2D eigenvalue weighted by Gasteiger charge is -2.17. The zero-order valence-electron chi connectivity index (χ0n) is 15.2. The summed E-state index contributed by atoms with van der Waals surface area (Å²) in [5.74, 6) is 0.502. The molecule has 4 heterocycles. The molecule has 0 unspecified atom stereocenters. The van der Waals surface area contributed by atoms with Crippen LogP contribution in [0.4, 0.5) is 0 Å². The standard InChI is InChI=1S/C20H18N4O3S/c1-27-17-8-13-11(6-12(17)20(26)24-4-2-3-5-24)7-14(21-13)18-19(25)23-16-10-28-9-15(16)22-18/h6-10,21H,2-5H2,1H3,(H,23,25). The van der Waals surface area contributed by atoms with Crippen molar-refractivity contribution < 1.29 is 9.53 Å². The van der Waals surface area contributed by atoms with E-state index in [1.165, 1.54) is 11.3 Å². The number of aromatic amines is 2. The van der Waals surface area contributed by atoms with Crippen LogP contribution in [0.1, 0.15) is 23.2 Å². The van der Waals surface area contributed by atoms with E-state index >= 15 is 0 Å². The highest BCUT2D eigenvalue weighted by Crippen LogP contribution is 2.30. The average molecular weight is 394 g/mol. The van der Waals surface area contributed by atoms with Crippen LogP contribution in [-0.4, -0.2) is 46.0 Å². The molecule has 7 nitrogen and oxygen atoms in total. The normalized spacial score (nSPS) is 14.2. The van der Waals surface area contributed by atoms with Crippen LogP contribution < -0.4 is 10.3 Å². The second-order valence-electron chi connectivity index (χ2n) is 6.91. The van der Waals surface area contributed by atoms with E-state index in [1.807, 2.05) is 27.8 Å². The molecule has 0 spiro atoms. The van der Waals surface area contributed by atoms with Gasteiger partial charge in [-0.2, -0.15) is 0 Å². The average Bonchev–Trinajstić information content (AvgIpc) is 3.44. The van der Waals surface area contributed by atoms with Gasteiger partial charge in [-0.25, -0.2) is 4.98 Å². The number of ether oxygens (including phenoxy) is 1. The second-order valence-corrected chi connectivity index (χ2v) is 7.65. The number of nitrogens with one attached hydrogen (secondary N) is 2. The Hall–Kier alpha value is -3.13. The van der Waals surface area contributed by atoms with Crippen molar-refractivity contribution in [1.82, 2.24) is 19.9 Å². The lowest BCUT2D eigenvalue weighted by atomic mass is 10.1. The summed E-state index contributed by atoms with van der Waals surface area (Å²) in [5.41, 5.74) is 3.49. The van der Waals surface area contributed by atoms with Gasteiger partial charge >= 0.3 is 0 Å². The minimum absolute atomic E-state index is 0.0188. The van der Waals surface area contributed by atoms with E-state index < -0.39 is 0 Å². The van der Waals surface area contributed by atoms with Gasteiger partial charge in [0.25, 0.3) is 11.5 Å². The lowest BCUT2D eigenvalue weighted by molar-refractivity contribution is 0.0789. The Morgan fingerprint density at radius 3 is 2.75 bits per heavy atom. The van der Waals surface area contributed by atoms with E-state index in [4.69, 9.17) is 4.74 Å². The van der Waals surface area contributed by atoms with Gasteiger partial charge in [-0.1, -0.05) is 0 Å². The van der Waals surface area contributed by atoms with Gasteiger partial charge in [0.2, 0.25) is 0 Å². The molecular formula is C20H18N4O3S. The Morgan fingerprint density at radius 1 is 1.14 bits per heavy atom. The Bertz CT molecular complexity index is 1260. The van der Waals surface area contributed by atoms with Crippen molar-refractivity contribution in [3.05, 3.63) is 44.9 Å². The Morgan fingerprint density at radius 2 is 1.96 bits per heavy atom. The third-order valence-electron chi connectivity index (χ3n) is 5.16. The van der Waals surface area contributed by atoms with Crippen LogP contribution in [0, 0.1) is 0 Å². The first-order chi connectivity index (χ1) is 13.6. The molecule has 1 amide bonds. The highest BCUT2D eigenvalue weighted by atomic mass is 32.1. The number of nitrogens with zero attached hydrogens (tertiary/aromatic N) is 2. The molecule has 5 rings (SSSR count). The second kappa shape index (κ2) is 6.49. The molecule has 1 fully saturated rings. The Labute approximate surface area is 164 Å². The van der Waals surface area contributed by atoms with Crippen LogP contribution in [0.3, 0.4) is 0 Å². The van der Waals surface area contributed by atoms with Gasteiger partial charge < -0.3 is 19.6 Å². The molecule has 3 aromatic heterocycles. The molecule has 1 aliphatic heterocycles. The maximum absolute atomic E-state index is 12.9. The number of rotatable bonds is 3. The molecule has 4 aromatic rings. The number of carbonyl (C=O) groups is 1. The van der Waals surface area contributed by atoms with Crippen LogP contribution >= 0.6 is 11.3 Å². The van der Waals surface area contributed by atoms with Crippen LogP contribution in [-0.2, 0) is 0 Å². The Balaban J connectivity index is 1.63. The minimum Gasteiger partial charge on any atom is -0.496 e. The summed E-state index contributed by atoms with van der Waals surface area (Å²) in [5, 5.41) is 4.59. The maximum Gasteiger partial charge on any atom is 0.276 e. The van der Waals surface area contributed by atoms with Crippen molar-refractivity contribution in [2.75, 3.05) is 20.2 Å². The van der Waals surface area contributed by atoms with E-state index in [1.54, 1.807) is 13.2 Å². The van der Waals surface area contributed by atoms with Gasteiger partial charge in [0, 0.05) is 40.8 Å². The highest BCUT2D eigenvalue weighted by molar-refractivity contribution is 7.09. The number of aromatic nitrogens is 3. The fraction of sp³-hybridized carbons (Fsp3) is 0.250. The molecule has 0 aliphatic carbocycles. The largest absolute Gasteiger partial charge is 0.496 e. The number of methoxy groups -OCH3 is 1. The number of carbonyl (C=O) groups excluding carboxylic acids is 1. The van der Waals surface area contributed by atoms with E-state index in [0.29, 0.717) is 22.7 Å². The number of hydrogen-bond acceptors (Lipinski definition) is 5. The number of hydrogen-bond donors (Lipinski definition) is 2. The first kappa shape index (κ1) is 17.0. The van der Waals surface area contributed by atoms with Crippen LogP contribution in [0.2, 0.25) is 0 Å². The highest BCUT2D eigenvalue weighted by Gasteiger charge is 2.23. The predicted molar refractivity (Wildman–Crippen MR) is 109 cm³/mol. The summed E-state index contributed by atoms with van der Waals surface area (Å²) in [4.78, 5) is 37.8. The topological polar surface area (TPSA) is 91.1 Å². The third-order valence-corrected chi connectivity index (χ3v) is 5.89. The number of thiophene rings is 1. The molecule has 2 N–H and O–H groups in total. The van der Waals surface area contributed by atoms with Gasteiger partial charge in [0.15, 0.2) is 5.69 Å². The van der Waals surface area contributed by atoms with E-state index in [9.17, 15) is 9.59 Å². The molecule has 8 heteroatoms. The van der Waals surface area contributed by atoms with Gasteiger partial charge in [0.1, 0.15) is 5.75 Å². The van der Waals surface area contributed by atoms with Crippen LogP contribution in [0.15, 0.2) is 33.8 Å². The van der Waals surface area contributed by atoms with Crippen molar-refractivity contribution in [2.24, 2.45) is 0 Å². The summed E-state index contributed by atoms with van der Waals surface area (Å²) in [6.45, 7) is 1.55. The minimum atomic E-state index is -0.252. The first-order valence-corrected chi connectivity index (χ1v) is 10.0. The van der Waals surface area contributed by atoms with Gasteiger partial charge in [-0.3, -0.25) is 9.59 Å². The molecule has 0 atom stereocenters. The number of benzene rings is 1. The van der Waals surface area contributed by atoms with Crippen LogP contribution in [0.5, 0.6) is 5.75 Å². The third kappa shape index (κ3) is 2.68. The molecule has 28 heavy (non-hydrogen) atoms. The summed E-state index contributed by atoms with van der Waals surface area (Å²) in [6.07, 6.45) is 2.06. The number of likely N-dealkylation sites (tertiary alicyclic amines) is 1. The fourth-order valence-corrected chi connectivity index (χ4v) is 4.41. The van der Waals surface area contributed by atoms with E-state index in [2.05, 4.69) is 15.0 Å². The molecule has 0 radical (unpaired) electrons. The van der Waals surface area contributed by atoms with E-state index in [0.717, 1.165) is 47.9 Å². The molecule has 0 bridgehead atoms. The summed E-state index contributed by atoms with van der Waals surface area (Å²) < 4.78 is 5.47. The molecular weight excluding hydrogens is 376 g/mol. The first-order valence-electron chi connectivity index (χ1n) is 9.10. The van der Waals surface area contributed by atoms with Gasteiger partial charge in [0.05, 0.1) is 29.4 Å². The summed E-state index contributed by atoms with van der Waals surface area (Å²) in [7, 11) is 1.56. The van der Waals surface area contributed by atoms with E-state index in [-0.39, 0.29) is 11.5 Å². The number of H-pyrrole nitrogens is 2. The molecule has 0 saturated carbocycles. The van der Waals surface area contributed by atoms with Crippen molar-refractivity contribution >= 4 is 39.2 Å². The van der Waals surface area contributed by atoms with Crippen molar-refractivity contribution in [1.29, 1.82) is 0 Å². The monoisotopic (exact) mass is 394 g/mol. The molecule has 1 saturated heterocycles. The molecule has 142 valence electrons. The predicted octanol–water partition coefficient (Wildman–Crippen LogP) is 3.38. The maximum atomic E-state index is 12.9. The Kier molecular flexibility index (Phi) is 3.94. The van der Waals surface area contributed by atoms with Gasteiger partial charge in [-0.15, -0.1) is 11.3 Å². The number of fused-ring (bicyclic) bond motifs is 2. The zero-order valence-corrected chi connectivity index (χ0v) is 16.1.